The Kier molecular flexibility index (Phi) is 8.65. The molecule has 150 valence electrons. The van der Waals surface area contributed by atoms with E-state index in [1.54, 1.807) is 7.05 Å². The molecule has 8 heteroatoms. The van der Waals surface area contributed by atoms with Crippen LogP contribution in [0.5, 0.6) is 0 Å². The fourth-order valence-corrected chi connectivity index (χ4v) is 2.82. The second kappa shape index (κ2) is 11.0. The standard InChI is InChI=1S/C20H27N7.HI/c1-16(26(3)15-17-9-5-4-6-10-17)13-22-20(21-2)23-14-19-25-24-18-11-7-8-12-27(18)19;/h4-12,16H,13-15H2,1-3H3,(H2,21,22,23);1H. The molecule has 2 aromatic heterocycles. The molecule has 3 rings (SSSR count). The summed E-state index contributed by atoms with van der Waals surface area (Å²) in [7, 11) is 3.91. The van der Waals surface area contributed by atoms with Gasteiger partial charge >= 0.3 is 0 Å². The summed E-state index contributed by atoms with van der Waals surface area (Å²) < 4.78 is 1.97. The lowest BCUT2D eigenvalue weighted by atomic mass is 10.2. The average molecular weight is 493 g/mol. The first kappa shape index (κ1) is 22.1. The molecule has 0 aliphatic heterocycles. The lowest BCUT2D eigenvalue weighted by Crippen LogP contribution is -2.44. The van der Waals surface area contributed by atoms with Crippen molar-refractivity contribution in [1.29, 1.82) is 0 Å². The molecule has 0 amide bonds. The third kappa shape index (κ3) is 5.90. The number of fused-ring (bicyclic) bond motifs is 1. The molecule has 28 heavy (non-hydrogen) atoms. The quantitative estimate of drug-likeness (QED) is 0.301. The maximum atomic E-state index is 4.30. The highest BCUT2D eigenvalue weighted by Crippen LogP contribution is 2.05. The van der Waals surface area contributed by atoms with Gasteiger partial charge in [-0.2, -0.15) is 0 Å². The fraction of sp³-hybridized carbons (Fsp3) is 0.350. The van der Waals surface area contributed by atoms with Gasteiger partial charge in [0.2, 0.25) is 0 Å². The molecule has 0 bridgehead atoms. The van der Waals surface area contributed by atoms with Gasteiger partial charge in [-0.3, -0.25) is 14.3 Å². The zero-order chi connectivity index (χ0) is 19.1. The van der Waals surface area contributed by atoms with Crippen LogP contribution in [-0.2, 0) is 13.1 Å². The van der Waals surface area contributed by atoms with E-state index >= 15 is 0 Å². The van der Waals surface area contributed by atoms with Crippen LogP contribution in [0.15, 0.2) is 59.7 Å². The molecule has 0 fully saturated rings. The molecule has 0 aliphatic rings. The largest absolute Gasteiger partial charge is 0.355 e. The molecule has 1 aromatic carbocycles. The minimum absolute atomic E-state index is 0. The van der Waals surface area contributed by atoms with Crippen molar-refractivity contribution in [3.8, 4) is 0 Å². The number of pyridine rings is 1. The number of hydrogen-bond donors (Lipinski definition) is 2. The molecular formula is C20H28IN7. The third-order valence-corrected chi connectivity index (χ3v) is 4.61. The van der Waals surface area contributed by atoms with E-state index in [2.05, 4.69) is 69.0 Å². The predicted molar refractivity (Wildman–Crippen MR) is 124 cm³/mol. The number of likely N-dealkylation sites (N-methyl/N-ethyl adjacent to an activating group) is 1. The lowest BCUT2D eigenvalue weighted by Gasteiger charge is -2.25. The van der Waals surface area contributed by atoms with E-state index in [0.29, 0.717) is 12.6 Å². The molecule has 0 radical (unpaired) electrons. The van der Waals surface area contributed by atoms with E-state index in [9.17, 15) is 0 Å². The highest BCUT2D eigenvalue weighted by atomic mass is 127. The monoisotopic (exact) mass is 493 g/mol. The molecule has 2 heterocycles. The van der Waals surface area contributed by atoms with Gasteiger partial charge in [0.05, 0.1) is 6.54 Å². The highest BCUT2D eigenvalue weighted by Gasteiger charge is 2.11. The summed E-state index contributed by atoms with van der Waals surface area (Å²) in [5, 5.41) is 15.1. The van der Waals surface area contributed by atoms with Gasteiger partial charge in [0, 0.05) is 32.4 Å². The van der Waals surface area contributed by atoms with Crippen molar-refractivity contribution in [2.24, 2.45) is 4.99 Å². The van der Waals surface area contributed by atoms with E-state index in [0.717, 1.165) is 30.5 Å². The van der Waals surface area contributed by atoms with Crippen molar-refractivity contribution in [3.63, 3.8) is 0 Å². The summed E-state index contributed by atoms with van der Waals surface area (Å²) in [4.78, 5) is 6.62. The van der Waals surface area contributed by atoms with Gasteiger partial charge in [-0.1, -0.05) is 36.4 Å². The second-order valence-electron chi connectivity index (χ2n) is 6.60. The van der Waals surface area contributed by atoms with Crippen molar-refractivity contribution in [2.45, 2.75) is 26.1 Å². The van der Waals surface area contributed by atoms with E-state index in [1.807, 2.05) is 34.9 Å². The molecule has 1 unspecified atom stereocenters. The lowest BCUT2D eigenvalue weighted by molar-refractivity contribution is 0.249. The summed E-state index contributed by atoms with van der Waals surface area (Å²) >= 11 is 0. The summed E-state index contributed by atoms with van der Waals surface area (Å²) in [5.74, 6) is 1.60. The molecule has 3 aromatic rings. The molecule has 0 saturated carbocycles. The Hall–Kier alpha value is -2.20. The molecule has 0 spiro atoms. The smallest absolute Gasteiger partial charge is 0.191 e. The van der Waals surface area contributed by atoms with Crippen molar-refractivity contribution >= 4 is 35.6 Å². The topological polar surface area (TPSA) is 69.8 Å². The number of rotatable bonds is 7. The number of aliphatic imine (C=N–C) groups is 1. The van der Waals surface area contributed by atoms with Crippen molar-refractivity contribution in [3.05, 3.63) is 66.1 Å². The first-order chi connectivity index (χ1) is 13.2. The number of hydrogen-bond acceptors (Lipinski definition) is 4. The van der Waals surface area contributed by atoms with Crippen LogP contribution in [-0.4, -0.2) is 52.1 Å². The number of nitrogens with zero attached hydrogens (tertiary/aromatic N) is 5. The number of benzene rings is 1. The Morgan fingerprint density at radius 1 is 1.11 bits per heavy atom. The Bertz CT molecular complexity index is 878. The Labute approximate surface area is 183 Å². The van der Waals surface area contributed by atoms with Crippen LogP contribution in [0.1, 0.15) is 18.3 Å². The summed E-state index contributed by atoms with van der Waals surface area (Å²) in [6, 6.07) is 16.7. The molecule has 2 N–H and O–H groups in total. The van der Waals surface area contributed by atoms with Crippen molar-refractivity contribution in [1.82, 2.24) is 30.1 Å². The normalized spacial score (nSPS) is 12.6. The van der Waals surface area contributed by atoms with Gasteiger partial charge < -0.3 is 10.6 Å². The van der Waals surface area contributed by atoms with Crippen LogP contribution in [0.4, 0.5) is 0 Å². The summed E-state index contributed by atoms with van der Waals surface area (Å²) in [6.07, 6.45) is 1.96. The number of halogens is 1. The fourth-order valence-electron chi connectivity index (χ4n) is 2.82. The van der Waals surface area contributed by atoms with Crippen LogP contribution in [0.25, 0.3) is 5.65 Å². The number of nitrogens with one attached hydrogen (secondary N) is 2. The minimum atomic E-state index is 0. The SMILES string of the molecule is CN=C(NCc1nnc2ccccn12)NCC(C)N(C)Cc1ccccc1.I. The maximum Gasteiger partial charge on any atom is 0.191 e. The zero-order valence-corrected chi connectivity index (χ0v) is 18.9. The summed E-state index contributed by atoms with van der Waals surface area (Å²) in [6.45, 7) is 4.47. The molecule has 7 nitrogen and oxygen atoms in total. The zero-order valence-electron chi connectivity index (χ0n) is 16.5. The van der Waals surface area contributed by atoms with E-state index in [4.69, 9.17) is 0 Å². The molecule has 1 atom stereocenters. The third-order valence-electron chi connectivity index (χ3n) is 4.61. The van der Waals surface area contributed by atoms with Gasteiger partial charge in [0.1, 0.15) is 0 Å². The summed E-state index contributed by atoms with van der Waals surface area (Å²) in [5.41, 5.74) is 2.15. The van der Waals surface area contributed by atoms with E-state index in [-0.39, 0.29) is 24.0 Å². The van der Waals surface area contributed by atoms with Gasteiger partial charge in [-0.15, -0.1) is 34.2 Å². The number of aromatic nitrogens is 3. The van der Waals surface area contributed by atoms with E-state index < -0.39 is 0 Å². The van der Waals surface area contributed by atoms with Crippen molar-refractivity contribution < 1.29 is 0 Å². The Morgan fingerprint density at radius 3 is 2.61 bits per heavy atom. The van der Waals surface area contributed by atoms with Gasteiger partial charge in [0.25, 0.3) is 0 Å². The van der Waals surface area contributed by atoms with Crippen molar-refractivity contribution in [2.75, 3.05) is 20.6 Å². The van der Waals surface area contributed by atoms with Gasteiger partial charge in [-0.05, 0) is 31.7 Å². The van der Waals surface area contributed by atoms with Crippen LogP contribution in [0, 0.1) is 0 Å². The molecular weight excluding hydrogens is 465 g/mol. The molecule has 0 aliphatic carbocycles. The number of guanidine groups is 1. The average Bonchev–Trinajstić information content (AvgIpc) is 3.12. The van der Waals surface area contributed by atoms with Gasteiger partial charge in [0.15, 0.2) is 17.4 Å². The second-order valence-corrected chi connectivity index (χ2v) is 6.60. The maximum absolute atomic E-state index is 4.30. The van der Waals surface area contributed by atoms with Crippen LogP contribution in [0.2, 0.25) is 0 Å². The van der Waals surface area contributed by atoms with Crippen LogP contribution >= 0.6 is 24.0 Å². The van der Waals surface area contributed by atoms with Gasteiger partial charge in [-0.25, -0.2) is 0 Å². The Balaban J connectivity index is 0.00000280. The van der Waals surface area contributed by atoms with Crippen LogP contribution < -0.4 is 10.6 Å². The van der Waals surface area contributed by atoms with Crippen LogP contribution in [0.3, 0.4) is 0 Å². The Morgan fingerprint density at radius 2 is 1.86 bits per heavy atom. The minimum Gasteiger partial charge on any atom is -0.355 e. The first-order valence-corrected chi connectivity index (χ1v) is 9.14. The highest BCUT2D eigenvalue weighted by molar-refractivity contribution is 14.0. The first-order valence-electron chi connectivity index (χ1n) is 9.14. The molecule has 0 saturated heterocycles. The predicted octanol–water partition coefficient (Wildman–Crippen LogP) is 2.53. The van der Waals surface area contributed by atoms with E-state index in [1.165, 1.54) is 5.56 Å².